The van der Waals surface area contributed by atoms with Gasteiger partial charge in [-0.15, -0.1) is 0 Å². The minimum atomic E-state index is 0.0228. The first-order chi connectivity index (χ1) is 9.16. The van der Waals surface area contributed by atoms with Gasteiger partial charge in [0.2, 0.25) is 0 Å². The van der Waals surface area contributed by atoms with Gasteiger partial charge in [-0.05, 0) is 50.0 Å². The molecule has 0 saturated carbocycles. The predicted molar refractivity (Wildman–Crippen MR) is 78.7 cm³/mol. The van der Waals surface area contributed by atoms with E-state index in [4.69, 9.17) is 0 Å². The van der Waals surface area contributed by atoms with E-state index in [0.717, 1.165) is 37.3 Å². The van der Waals surface area contributed by atoms with E-state index in [9.17, 15) is 4.79 Å². The summed E-state index contributed by atoms with van der Waals surface area (Å²) in [5.41, 5.74) is 1.78. The number of hydrogen-bond acceptors (Lipinski definition) is 3. The minimum absolute atomic E-state index is 0.0228. The van der Waals surface area contributed by atoms with Crippen LogP contribution in [0.4, 0.5) is 5.69 Å². The van der Waals surface area contributed by atoms with Gasteiger partial charge in [-0.2, -0.15) is 0 Å². The third-order valence-corrected chi connectivity index (χ3v) is 3.63. The van der Waals surface area contributed by atoms with Gasteiger partial charge in [-0.3, -0.25) is 4.79 Å². The summed E-state index contributed by atoms with van der Waals surface area (Å²) in [6, 6.07) is 7.71. The Morgan fingerprint density at radius 3 is 3.00 bits per heavy atom. The Labute approximate surface area is 115 Å². The maximum Gasteiger partial charge on any atom is 0.251 e. The molecule has 2 N–H and O–H groups in total. The quantitative estimate of drug-likeness (QED) is 0.844. The van der Waals surface area contributed by atoms with Crippen molar-refractivity contribution in [3.8, 4) is 0 Å². The van der Waals surface area contributed by atoms with E-state index in [1.807, 2.05) is 43.3 Å². The van der Waals surface area contributed by atoms with Crippen LogP contribution in [0.3, 0.4) is 0 Å². The van der Waals surface area contributed by atoms with Crippen molar-refractivity contribution < 1.29 is 4.79 Å². The predicted octanol–water partition coefficient (Wildman–Crippen LogP) is 1.48. The summed E-state index contributed by atoms with van der Waals surface area (Å²) in [6.45, 7) is 2.97. The lowest BCUT2D eigenvalue weighted by molar-refractivity contribution is 0.0951. The monoisotopic (exact) mass is 261 g/mol. The van der Waals surface area contributed by atoms with Crippen molar-refractivity contribution in [2.45, 2.75) is 12.8 Å². The highest BCUT2D eigenvalue weighted by molar-refractivity contribution is 5.95. The molecule has 1 aromatic carbocycles. The van der Waals surface area contributed by atoms with Gasteiger partial charge in [0.15, 0.2) is 0 Å². The van der Waals surface area contributed by atoms with Crippen LogP contribution in [0.5, 0.6) is 0 Å². The molecule has 1 saturated heterocycles. The number of carbonyl (C=O) groups is 1. The summed E-state index contributed by atoms with van der Waals surface area (Å²) < 4.78 is 0. The van der Waals surface area contributed by atoms with Crippen molar-refractivity contribution in [3.05, 3.63) is 29.8 Å². The molecule has 1 aliphatic heterocycles. The van der Waals surface area contributed by atoms with Crippen molar-refractivity contribution in [3.63, 3.8) is 0 Å². The second-order valence-electron chi connectivity index (χ2n) is 5.35. The molecule has 2 rings (SSSR count). The van der Waals surface area contributed by atoms with Crippen molar-refractivity contribution in [1.82, 2.24) is 10.6 Å². The summed E-state index contributed by atoms with van der Waals surface area (Å²) in [5.74, 6) is 0.739. The normalized spacial score (nSPS) is 18.3. The van der Waals surface area contributed by atoms with E-state index in [0.29, 0.717) is 5.92 Å². The van der Waals surface area contributed by atoms with E-state index < -0.39 is 0 Å². The van der Waals surface area contributed by atoms with Crippen molar-refractivity contribution in [2.24, 2.45) is 5.92 Å². The average molecular weight is 261 g/mol. The number of hydrogen-bond donors (Lipinski definition) is 2. The van der Waals surface area contributed by atoms with E-state index in [2.05, 4.69) is 10.6 Å². The third kappa shape index (κ3) is 3.96. The molecule has 1 fully saturated rings. The molecular formula is C15H23N3O. The number of carbonyl (C=O) groups excluding carboxylic acids is 1. The number of rotatable bonds is 5. The molecule has 4 heteroatoms. The molecule has 1 aliphatic rings. The van der Waals surface area contributed by atoms with Gasteiger partial charge in [-0.1, -0.05) is 6.07 Å². The Bertz CT molecular complexity index is 425. The highest BCUT2D eigenvalue weighted by atomic mass is 16.1. The molecule has 0 aliphatic carbocycles. The van der Waals surface area contributed by atoms with Crippen LogP contribution in [0.2, 0.25) is 0 Å². The maximum absolute atomic E-state index is 12.0. The topological polar surface area (TPSA) is 44.4 Å². The van der Waals surface area contributed by atoms with Crippen molar-refractivity contribution in [1.29, 1.82) is 0 Å². The lowest BCUT2D eigenvalue weighted by Crippen LogP contribution is -2.26. The Kier molecular flexibility index (Phi) is 4.80. The molecule has 0 radical (unpaired) electrons. The van der Waals surface area contributed by atoms with Crippen LogP contribution in [-0.2, 0) is 0 Å². The third-order valence-electron chi connectivity index (χ3n) is 3.63. The summed E-state index contributed by atoms with van der Waals surface area (Å²) >= 11 is 0. The summed E-state index contributed by atoms with van der Waals surface area (Å²) in [7, 11) is 3.95. The highest BCUT2D eigenvalue weighted by Gasteiger charge is 2.14. The van der Waals surface area contributed by atoms with E-state index in [-0.39, 0.29) is 5.91 Å². The van der Waals surface area contributed by atoms with Crippen LogP contribution in [0.15, 0.2) is 24.3 Å². The standard InChI is InChI=1S/C15H23N3O/c1-18(2)14-5-3-4-13(10-14)15(19)17-9-7-12-6-8-16-11-12/h3-5,10,12,16H,6-9,11H2,1-2H3,(H,17,19). The lowest BCUT2D eigenvalue weighted by atomic mass is 10.1. The largest absolute Gasteiger partial charge is 0.378 e. The summed E-state index contributed by atoms with van der Waals surface area (Å²) in [6.07, 6.45) is 2.29. The van der Waals surface area contributed by atoms with Crippen LogP contribution >= 0.6 is 0 Å². The van der Waals surface area contributed by atoms with Gasteiger partial charge >= 0.3 is 0 Å². The van der Waals surface area contributed by atoms with E-state index in [1.54, 1.807) is 0 Å². The number of anilines is 1. The lowest BCUT2D eigenvalue weighted by Gasteiger charge is -2.14. The molecule has 19 heavy (non-hydrogen) atoms. The maximum atomic E-state index is 12.0. The first-order valence-corrected chi connectivity index (χ1v) is 6.93. The Morgan fingerprint density at radius 2 is 2.32 bits per heavy atom. The molecule has 0 spiro atoms. The van der Waals surface area contributed by atoms with Crippen LogP contribution in [-0.4, -0.2) is 39.6 Å². The second kappa shape index (κ2) is 6.57. The van der Waals surface area contributed by atoms with Gasteiger partial charge in [-0.25, -0.2) is 0 Å². The molecule has 1 atom stereocenters. The zero-order valence-corrected chi connectivity index (χ0v) is 11.8. The molecule has 1 amide bonds. The van der Waals surface area contributed by atoms with Crippen molar-refractivity contribution in [2.75, 3.05) is 38.6 Å². The molecule has 0 bridgehead atoms. The molecule has 104 valence electrons. The van der Waals surface area contributed by atoms with Crippen LogP contribution < -0.4 is 15.5 Å². The first kappa shape index (κ1) is 13.9. The fourth-order valence-corrected chi connectivity index (χ4v) is 2.38. The molecule has 1 unspecified atom stereocenters. The first-order valence-electron chi connectivity index (χ1n) is 6.93. The van der Waals surface area contributed by atoms with Gasteiger partial charge < -0.3 is 15.5 Å². The van der Waals surface area contributed by atoms with Gasteiger partial charge in [0.1, 0.15) is 0 Å². The molecule has 1 heterocycles. The highest BCUT2D eigenvalue weighted by Crippen LogP contribution is 2.14. The Balaban J connectivity index is 1.83. The van der Waals surface area contributed by atoms with E-state index in [1.165, 1.54) is 6.42 Å². The van der Waals surface area contributed by atoms with Gasteiger partial charge in [0.05, 0.1) is 0 Å². The number of nitrogens with zero attached hydrogens (tertiary/aromatic N) is 1. The Hall–Kier alpha value is -1.55. The zero-order valence-electron chi connectivity index (χ0n) is 11.8. The van der Waals surface area contributed by atoms with Crippen LogP contribution in [0.25, 0.3) is 0 Å². The number of benzene rings is 1. The fraction of sp³-hybridized carbons (Fsp3) is 0.533. The van der Waals surface area contributed by atoms with Crippen LogP contribution in [0, 0.1) is 5.92 Å². The SMILES string of the molecule is CN(C)c1cccc(C(=O)NCCC2CCNC2)c1. The second-order valence-corrected chi connectivity index (χ2v) is 5.35. The minimum Gasteiger partial charge on any atom is -0.378 e. The van der Waals surface area contributed by atoms with Crippen LogP contribution in [0.1, 0.15) is 23.2 Å². The Morgan fingerprint density at radius 1 is 1.47 bits per heavy atom. The number of amides is 1. The van der Waals surface area contributed by atoms with Gasteiger partial charge in [0.25, 0.3) is 5.91 Å². The average Bonchev–Trinajstić information content (AvgIpc) is 2.92. The number of nitrogens with one attached hydrogen (secondary N) is 2. The molecule has 4 nitrogen and oxygen atoms in total. The smallest absolute Gasteiger partial charge is 0.251 e. The van der Waals surface area contributed by atoms with Gasteiger partial charge in [0, 0.05) is 31.9 Å². The molecule has 0 aromatic heterocycles. The zero-order chi connectivity index (χ0) is 13.7. The summed E-state index contributed by atoms with van der Waals surface area (Å²) in [4.78, 5) is 14.0. The fourth-order valence-electron chi connectivity index (χ4n) is 2.38. The summed E-state index contributed by atoms with van der Waals surface area (Å²) in [5, 5.41) is 6.35. The van der Waals surface area contributed by atoms with E-state index >= 15 is 0 Å². The van der Waals surface area contributed by atoms with Crippen molar-refractivity contribution >= 4 is 11.6 Å². The molecule has 1 aromatic rings. The molecular weight excluding hydrogens is 238 g/mol.